The summed E-state index contributed by atoms with van der Waals surface area (Å²) in [6.07, 6.45) is 2.43. The zero-order chi connectivity index (χ0) is 28.9. The molecule has 0 aromatic heterocycles. The van der Waals surface area contributed by atoms with Gasteiger partial charge < -0.3 is 23.7 Å². The molecule has 0 N–H and O–H groups in total. The Labute approximate surface area is 237 Å². The van der Waals surface area contributed by atoms with Crippen LogP contribution in [-0.4, -0.2) is 78.3 Å². The Morgan fingerprint density at radius 3 is 1.44 bits per heavy atom. The standard InChI is InChI=1S/C25H23BO3.2C4H12N/c27-26(28)29-24-17-16-20(18-24)23(19-10-4-1-5-11-19)25(24,21-12-6-2-7-13-21)22-14-8-3-9-15-22;2*1-5(2,3)4/h1-15,20,23H,16-18H2;2*1-4H3/q-2;2*+1. The van der Waals surface area contributed by atoms with Crippen LogP contribution in [-0.2, 0) is 10.1 Å². The van der Waals surface area contributed by atoms with Crippen molar-refractivity contribution in [3.8, 4) is 0 Å². The largest absolute Gasteiger partial charge is 0.871 e. The first kappa shape index (κ1) is 31.1. The van der Waals surface area contributed by atoms with Gasteiger partial charge in [-0.15, -0.1) is 0 Å². The van der Waals surface area contributed by atoms with Crippen LogP contribution in [0.4, 0.5) is 0 Å². The summed E-state index contributed by atoms with van der Waals surface area (Å²) in [7, 11) is 14.7. The van der Waals surface area contributed by atoms with Crippen molar-refractivity contribution in [2.75, 3.05) is 56.4 Å². The van der Waals surface area contributed by atoms with Crippen molar-refractivity contribution in [2.24, 2.45) is 5.92 Å². The van der Waals surface area contributed by atoms with Gasteiger partial charge in [-0.1, -0.05) is 91.0 Å². The second-order valence-electron chi connectivity index (χ2n) is 13.7. The molecular formula is C33H47BN2O3. The summed E-state index contributed by atoms with van der Waals surface area (Å²) < 4.78 is 7.86. The fourth-order valence-corrected chi connectivity index (χ4v) is 6.35. The van der Waals surface area contributed by atoms with Crippen molar-refractivity contribution in [1.29, 1.82) is 0 Å². The summed E-state index contributed by atoms with van der Waals surface area (Å²) in [6, 6.07) is 31.2. The highest BCUT2D eigenvalue weighted by Crippen LogP contribution is 2.70. The van der Waals surface area contributed by atoms with E-state index >= 15 is 0 Å². The number of hydrogen-bond acceptors (Lipinski definition) is 3. The first-order chi connectivity index (χ1) is 18.2. The van der Waals surface area contributed by atoms with E-state index in [2.05, 4.69) is 105 Å². The SMILES string of the molecule is C[N+](C)(C)C.C[N+](C)(C)C.[O-]B([O-])OC12CCC(C1)C(c1ccccc1)C2(c1ccccc1)c1ccccc1. The first-order valence-corrected chi connectivity index (χ1v) is 13.9. The Morgan fingerprint density at radius 1 is 0.667 bits per heavy atom. The van der Waals surface area contributed by atoms with E-state index < -0.39 is 18.3 Å². The maximum Gasteiger partial charge on any atom is 0.0675 e. The molecule has 2 fully saturated rings. The maximum absolute atomic E-state index is 11.9. The molecule has 39 heavy (non-hydrogen) atoms. The minimum atomic E-state index is -2.30. The molecule has 3 aromatic rings. The molecule has 3 unspecified atom stereocenters. The molecule has 2 aliphatic rings. The van der Waals surface area contributed by atoms with Gasteiger partial charge in [0, 0.05) is 5.92 Å². The van der Waals surface area contributed by atoms with Crippen LogP contribution in [0, 0.1) is 5.92 Å². The van der Waals surface area contributed by atoms with E-state index in [1.54, 1.807) is 0 Å². The van der Waals surface area contributed by atoms with Crippen LogP contribution in [0.2, 0.25) is 0 Å². The van der Waals surface area contributed by atoms with E-state index in [-0.39, 0.29) is 5.92 Å². The molecular weight excluding hydrogens is 483 g/mol. The highest BCUT2D eigenvalue weighted by molar-refractivity contribution is 6.28. The Bertz CT molecular complexity index is 1080. The molecule has 5 nitrogen and oxygen atoms in total. The molecule has 0 aliphatic heterocycles. The fraction of sp³-hybridized carbons (Fsp3) is 0.455. The number of quaternary nitrogens is 2. The number of fused-ring (bicyclic) bond motifs is 2. The number of nitrogens with zero attached hydrogens (tertiary/aromatic N) is 2. The topological polar surface area (TPSA) is 55.3 Å². The smallest absolute Gasteiger partial charge is 0.0675 e. The van der Waals surface area contributed by atoms with E-state index in [0.717, 1.165) is 39.4 Å². The average molecular weight is 531 g/mol. The van der Waals surface area contributed by atoms with Crippen LogP contribution in [0.1, 0.15) is 41.9 Å². The molecule has 0 radical (unpaired) electrons. The van der Waals surface area contributed by atoms with Crippen LogP contribution in [0.15, 0.2) is 91.0 Å². The van der Waals surface area contributed by atoms with Crippen molar-refractivity contribution in [1.82, 2.24) is 0 Å². The molecule has 210 valence electrons. The summed E-state index contributed by atoms with van der Waals surface area (Å²) in [5.74, 6) is 0.498. The van der Waals surface area contributed by atoms with E-state index in [4.69, 9.17) is 4.65 Å². The highest BCUT2D eigenvalue weighted by Gasteiger charge is 2.68. The lowest BCUT2D eigenvalue weighted by Crippen LogP contribution is -2.61. The summed E-state index contributed by atoms with van der Waals surface area (Å²) >= 11 is 0. The van der Waals surface area contributed by atoms with E-state index in [1.807, 2.05) is 42.5 Å². The molecule has 2 bridgehead atoms. The van der Waals surface area contributed by atoms with Crippen LogP contribution in [0.3, 0.4) is 0 Å². The third-order valence-corrected chi connectivity index (χ3v) is 7.11. The number of hydrogen-bond donors (Lipinski definition) is 0. The van der Waals surface area contributed by atoms with Gasteiger partial charge in [-0.2, -0.15) is 0 Å². The van der Waals surface area contributed by atoms with Gasteiger partial charge in [-0.25, -0.2) is 0 Å². The van der Waals surface area contributed by atoms with E-state index in [1.165, 1.54) is 5.56 Å². The molecule has 3 atom stereocenters. The Balaban J connectivity index is 0.000000362. The molecule has 0 heterocycles. The minimum absolute atomic E-state index is 0.140. The maximum atomic E-state index is 11.9. The summed E-state index contributed by atoms with van der Waals surface area (Å²) in [4.78, 5) is 0. The summed E-state index contributed by atoms with van der Waals surface area (Å²) in [5.41, 5.74) is 2.09. The van der Waals surface area contributed by atoms with Crippen molar-refractivity contribution >= 4 is 7.32 Å². The van der Waals surface area contributed by atoms with Crippen LogP contribution in [0.25, 0.3) is 0 Å². The van der Waals surface area contributed by atoms with Gasteiger partial charge in [-0.05, 0) is 41.9 Å². The quantitative estimate of drug-likeness (QED) is 0.374. The molecule has 2 aliphatic carbocycles. The van der Waals surface area contributed by atoms with Crippen LogP contribution < -0.4 is 10.0 Å². The Morgan fingerprint density at radius 2 is 1.05 bits per heavy atom. The van der Waals surface area contributed by atoms with Gasteiger partial charge in [-0.3, -0.25) is 0 Å². The van der Waals surface area contributed by atoms with Gasteiger partial charge in [0.1, 0.15) is 0 Å². The molecule has 5 rings (SSSR count). The average Bonchev–Trinajstić information content (AvgIpc) is 3.37. The zero-order valence-electron chi connectivity index (χ0n) is 25.1. The van der Waals surface area contributed by atoms with Gasteiger partial charge in [0.15, 0.2) is 0 Å². The molecule has 0 amide bonds. The van der Waals surface area contributed by atoms with Gasteiger partial charge >= 0.3 is 0 Å². The number of rotatable bonds is 5. The first-order valence-electron chi connectivity index (χ1n) is 13.9. The Hall–Kier alpha value is -2.48. The van der Waals surface area contributed by atoms with Crippen molar-refractivity contribution in [2.45, 2.75) is 36.2 Å². The normalized spacial score (nSPS) is 23.2. The van der Waals surface area contributed by atoms with Gasteiger partial charge in [0.2, 0.25) is 0 Å². The van der Waals surface area contributed by atoms with Gasteiger partial charge in [0.05, 0.1) is 74.7 Å². The number of benzene rings is 3. The van der Waals surface area contributed by atoms with Gasteiger partial charge in [0.25, 0.3) is 0 Å². The second-order valence-corrected chi connectivity index (χ2v) is 13.7. The minimum Gasteiger partial charge on any atom is -0.871 e. The van der Waals surface area contributed by atoms with Crippen molar-refractivity contribution < 1.29 is 23.7 Å². The van der Waals surface area contributed by atoms with Crippen LogP contribution in [0.5, 0.6) is 0 Å². The lowest BCUT2D eigenvalue weighted by atomic mass is 9.55. The lowest BCUT2D eigenvalue weighted by molar-refractivity contribution is -0.849. The highest BCUT2D eigenvalue weighted by atomic mass is 16.6. The third-order valence-electron chi connectivity index (χ3n) is 7.11. The monoisotopic (exact) mass is 530 g/mol. The predicted octanol–water partition coefficient (Wildman–Crippen LogP) is 3.68. The molecule has 6 heteroatoms. The third kappa shape index (κ3) is 7.59. The molecule has 0 spiro atoms. The fourth-order valence-electron chi connectivity index (χ4n) is 6.35. The predicted molar refractivity (Wildman–Crippen MR) is 158 cm³/mol. The molecule has 2 saturated carbocycles. The zero-order valence-corrected chi connectivity index (χ0v) is 25.1. The van der Waals surface area contributed by atoms with E-state index in [0.29, 0.717) is 5.92 Å². The molecule has 0 saturated heterocycles. The van der Waals surface area contributed by atoms with Crippen molar-refractivity contribution in [3.63, 3.8) is 0 Å². The second kappa shape index (κ2) is 12.4. The Kier molecular flexibility index (Phi) is 9.85. The summed E-state index contributed by atoms with van der Waals surface area (Å²) in [5, 5.41) is 23.8. The van der Waals surface area contributed by atoms with E-state index in [9.17, 15) is 10.0 Å². The van der Waals surface area contributed by atoms with Crippen LogP contribution >= 0.6 is 0 Å². The molecule has 3 aromatic carbocycles. The lowest BCUT2D eigenvalue weighted by Gasteiger charge is -2.55. The summed E-state index contributed by atoms with van der Waals surface area (Å²) in [6.45, 7) is 0. The van der Waals surface area contributed by atoms with Crippen molar-refractivity contribution in [3.05, 3.63) is 108 Å².